The number of rotatable bonds is 5. The summed E-state index contributed by atoms with van der Waals surface area (Å²) in [5.74, 6) is 0.769. The van der Waals surface area contributed by atoms with Crippen molar-refractivity contribution in [2.45, 2.75) is 20.4 Å². The Balaban J connectivity index is 1.94. The molecule has 0 bridgehead atoms. The Hall–Kier alpha value is -2.47. The first kappa shape index (κ1) is 14.5. The Labute approximate surface area is 132 Å². The zero-order valence-corrected chi connectivity index (χ0v) is 13.2. The number of hydrogen-bond donors (Lipinski definition) is 2. The van der Waals surface area contributed by atoms with Gasteiger partial charge in [-0.3, -0.25) is 4.98 Å². The third-order valence-corrected chi connectivity index (χ3v) is 4.17. The van der Waals surface area contributed by atoms with E-state index < -0.39 is 0 Å². The fourth-order valence-electron chi connectivity index (χ4n) is 2.35. The number of aromatic nitrogens is 2. The molecule has 0 aromatic carbocycles. The van der Waals surface area contributed by atoms with E-state index in [1.165, 1.54) is 11.8 Å². The maximum absolute atomic E-state index is 7.51. The Kier molecular flexibility index (Phi) is 4.02. The van der Waals surface area contributed by atoms with E-state index in [1.54, 1.807) is 17.5 Å². The van der Waals surface area contributed by atoms with Gasteiger partial charge in [-0.2, -0.15) is 11.3 Å². The summed E-state index contributed by atoms with van der Waals surface area (Å²) in [6.45, 7) is 4.50. The maximum Gasteiger partial charge on any atom is 0.141 e. The Morgan fingerprint density at radius 1 is 1.41 bits per heavy atom. The summed E-state index contributed by atoms with van der Waals surface area (Å²) in [4.78, 5) is 4.36. The molecule has 0 saturated heterocycles. The highest BCUT2D eigenvalue weighted by Crippen LogP contribution is 2.29. The second-order valence-corrected chi connectivity index (χ2v) is 5.77. The normalized spacial score (nSPS) is 10.6. The maximum atomic E-state index is 7.51. The molecule has 0 amide bonds. The van der Waals surface area contributed by atoms with Crippen molar-refractivity contribution in [3.8, 4) is 11.1 Å². The van der Waals surface area contributed by atoms with Gasteiger partial charge in [0.05, 0.1) is 11.4 Å². The number of anilines is 1. The molecule has 0 aliphatic carbocycles. The molecule has 3 aromatic rings. The smallest absolute Gasteiger partial charge is 0.141 e. The van der Waals surface area contributed by atoms with E-state index in [0.717, 1.165) is 28.3 Å². The third-order valence-electron chi connectivity index (χ3n) is 3.44. The molecule has 5 nitrogen and oxygen atoms in total. The summed E-state index contributed by atoms with van der Waals surface area (Å²) < 4.78 is 5.22. The zero-order chi connectivity index (χ0) is 15.5. The van der Waals surface area contributed by atoms with Crippen LogP contribution >= 0.6 is 11.3 Å². The van der Waals surface area contributed by atoms with Gasteiger partial charge in [0.1, 0.15) is 11.5 Å². The average Bonchev–Trinajstić information content (AvgIpc) is 3.15. The number of pyridine rings is 1. The molecule has 3 aromatic heterocycles. The van der Waals surface area contributed by atoms with Crippen LogP contribution in [0.5, 0.6) is 0 Å². The lowest BCUT2D eigenvalue weighted by Gasteiger charge is -2.10. The summed E-state index contributed by atoms with van der Waals surface area (Å²) in [7, 11) is 0. The predicted octanol–water partition coefficient (Wildman–Crippen LogP) is 4.02. The summed E-state index contributed by atoms with van der Waals surface area (Å²) in [5, 5.41) is 19.0. The van der Waals surface area contributed by atoms with Crippen LogP contribution in [0.2, 0.25) is 0 Å². The molecule has 0 saturated carbocycles. The van der Waals surface area contributed by atoms with Gasteiger partial charge in [-0.15, -0.1) is 0 Å². The van der Waals surface area contributed by atoms with Crippen molar-refractivity contribution in [2.24, 2.45) is 0 Å². The van der Waals surface area contributed by atoms with Crippen LogP contribution in [0, 0.1) is 19.3 Å². The number of nitrogens with zero attached hydrogens (tertiary/aromatic N) is 2. The summed E-state index contributed by atoms with van der Waals surface area (Å²) in [6.07, 6.45) is 3.01. The van der Waals surface area contributed by atoms with E-state index in [1.807, 2.05) is 25.3 Å². The molecule has 0 atom stereocenters. The van der Waals surface area contributed by atoms with Crippen molar-refractivity contribution in [1.82, 2.24) is 10.1 Å². The Bertz CT molecular complexity index is 773. The zero-order valence-electron chi connectivity index (χ0n) is 12.4. The number of nitrogens with one attached hydrogen (secondary N) is 2. The minimum absolute atomic E-state index is 0.616. The van der Waals surface area contributed by atoms with E-state index in [-0.39, 0.29) is 0 Å². The first-order valence-corrected chi connectivity index (χ1v) is 7.82. The molecule has 0 radical (unpaired) electrons. The van der Waals surface area contributed by atoms with Gasteiger partial charge in [0.25, 0.3) is 0 Å². The minimum atomic E-state index is 0.616. The molecule has 112 valence electrons. The topological polar surface area (TPSA) is 74.8 Å². The molecule has 3 rings (SSSR count). The molecule has 2 N–H and O–H groups in total. The monoisotopic (exact) mass is 312 g/mol. The van der Waals surface area contributed by atoms with Gasteiger partial charge in [-0.25, -0.2) is 0 Å². The first-order chi connectivity index (χ1) is 10.7. The fraction of sp³-hybridized carbons (Fsp3) is 0.188. The molecular formula is C16H16N4OS. The highest BCUT2D eigenvalue weighted by atomic mass is 32.1. The lowest BCUT2D eigenvalue weighted by atomic mass is 10.1. The molecule has 0 aliphatic rings. The van der Waals surface area contributed by atoms with Gasteiger partial charge < -0.3 is 15.2 Å². The highest BCUT2D eigenvalue weighted by molar-refractivity contribution is 7.07. The van der Waals surface area contributed by atoms with E-state index in [2.05, 4.69) is 26.9 Å². The number of aryl methyl sites for hydroxylation is 2. The summed E-state index contributed by atoms with van der Waals surface area (Å²) in [5.41, 5.74) is 5.40. The Morgan fingerprint density at radius 3 is 2.91 bits per heavy atom. The van der Waals surface area contributed by atoms with E-state index >= 15 is 0 Å². The van der Waals surface area contributed by atoms with Crippen molar-refractivity contribution < 1.29 is 4.52 Å². The quantitative estimate of drug-likeness (QED) is 0.698. The summed E-state index contributed by atoms with van der Waals surface area (Å²) in [6, 6.07) is 4.07. The van der Waals surface area contributed by atoms with Crippen LogP contribution in [-0.2, 0) is 6.54 Å². The van der Waals surface area contributed by atoms with Crippen LogP contribution in [0.1, 0.15) is 22.7 Å². The van der Waals surface area contributed by atoms with Crippen LogP contribution < -0.4 is 5.32 Å². The van der Waals surface area contributed by atoms with Crippen molar-refractivity contribution in [3.63, 3.8) is 0 Å². The van der Waals surface area contributed by atoms with Gasteiger partial charge in [0, 0.05) is 30.1 Å². The van der Waals surface area contributed by atoms with Gasteiger partial charge in [-0.05, 0) is 42.3 Å². The first-order valence-electron chi connectivity index (χ1n) is 6.87. The highest BCUT2D eigenvalue weighted by Gasteiger charge is 2.13. The van der Waals surface area contributed by atoms with Crippen LogP contribution in [-0.4, -0.2) is 16.4 Å². The van der Waals surface area contributed by atoms with Gasteiger partial charge in [0.15, 0.2) is 0 Å². The Morgan fingerprint density at radius 2 is 2.27 bits per heavy atom. The van der Waals surface area contributed by atoms with Gasteiger partial charge >= 0.3 is 0 Å². The van der Waals surface area contributed by atoms with Crippen molar-refractivity contribution >= 4 is 23.2 Å². The molecule has 0 unspecified atom stereocenters. The molecule has 3 heterocycles. The lowest BCUT2D eigenvalue weighted by molar-refractivity contribution is 0.393. The molecule has 0 aliphatic heterocycles. The lowest BCUT2D eigenvalue weighted by Crippen LogP contribution is -2.03. The second kappa shape index (κ2) is 6.11. The van der Waals surface area contributed by atoms with Crippen molar-refractivity contribution in [3.05, 3.63) is 51.8 Å². The number of thiophene rings is 1. The molecule has 0 fully saturated rings. The van der Waals surface area contributed by atoms with Crippen LogP contribution in [0.4, 0.5) is 5.69 Å². The molecule has 0 spiro atoms. The summed E-state index contributed by atoms with van der Waals surface area (Å²) >= 11 is 1.67. The SMILES string of the molecule is Cc1noc(C)c1-c1cnc(C=N)c(NCc2ccsc2)c1. The van der Waals surface area contributed by atoms with E-state index in [0.29, 0.717) is 12.2 Å². The van der Waals surface area contributed by atoms with Crippen molar-refractivity contribution in [2.75, 3.05) is 5.32 Å². The van der Waals surface area contributed by atoms with Crippen LogP contribution in [0.25, 0.3) is 11.1 Å². The van der Waals surface area contributed by atoms with Gasteiger partial charge in [0.2, 0.25) is 0 Å². The van der Waals surface area contributed by atoms with Crippen LogP contribution in [0.15, 0.2) is 33.6 Å². The van der Waals surface area contributed by atoms with Crippen molar-refractivity contribution in [1.29, 1.82) is 5.41 Å². The largest absolute Gasteiger partial charge is 0.379 e. The molecule has 6 heteroatoms. The third kappa shape index (κ3) is 2.78. The van der Waals surface area contributed by atoms with E-state index in [4.69, 9.17) is 9.93 Å². The molecule has 22 heavy (non-hydrogen) atoms. The van der Waals surface area contributed by atoms with E-state index in [9.17, 15) is 0 Å². The standard InChI is InChI=1S/C16H16N4OS/c1-10-16(11(2)21-20-10)13-5-14(15(6-17)19-8-13)18-7-12-3-4-22-9-12/h3-6,8-9,17-18H,7H2,1-2H3. The average molecular weight is 312 g/mol. The molecular weight excluding hydrogens is 296 g/mol. The fourth-order valence-corrected chi connectivity index (χ4v) is 3.02. The van der Waals surface area contributed by atoms with Crippen LogP contribution in [0.3, 0.4) is 0 Å². The van der Waals surface area contributed by atoms with Gasteiger partial charge in [-0.1, -0.05) is 5.16 Å². The predicted molar refractivity (Wildman–Crippen MR) is 88.7 cm³/mol. The second-order valence-electron chi connectivity index (χ2n) is 4.99. The number of hydrogen-bond acceptors (Lipinski definition) is 6. The minimum Gasteiger partial charge on any atom is -0.379 e.